The summed E-state index contributed by atoms with van der Waals surface area (Å²) in [6.07, 6.45) is 8.22. The lowest BCUT2D eigenvalue weighted by molar-refractivity contribution is 0.415. The summed E-state index contributed by atoms with van der Waals surface area (Å²) in [5.74, 6) is 1.33. The molecule has 0 aliphatic rings. The molecule has 4 nitrogen and oxygen atoms in total. The smallest absolute Gasteiger partial charge is 0.119 e. The van der Waals surface area contributed by atoms with E-state index in [1.807, 2.05) is 44.2 Å². The van der Waals surface area contributed by atoms with Crippen LogP contribution >= 0.6 is 0 Å². The van der Waals surface area contributed by atoms with Crippen molar-refractivity contribution in [3.63, 3.8) is 0 Å². The Kier molecular flexibility index (Phi) is 8.39. The van der Waals surface area contributed by atoms with E-state index in [0.717, 1.165) is 67.0 Å². The predicted molar refractivity (Wildman–Crippen MR) is 189 cm³/mol. The second kappa shape index (κ2) is 12.9. The number of anilines is 3. The molecule has 0 heterocycles. The summed E-state index contributed by atoms with van der Waals surface area (Å²) < 4.78 is 5.45. The molecule has 4 heteroatoms. The van der Waals surface area contributed by atoms with Crippen molar-refractivity contribution in [2.24, 2.45) is 0 Å². The van der Waals surface area contributed by atoms with Gasteiger partial charge in [0.25, 0.3) is 0 Å². The maximum atomic E-state index is 10.1. The number of hydrogen-bond acceptors (Lipinski definition) is 4. The normalized spacial score (nSPS) is 11.4. The molecule has 0 bridgehead atoms. The second-order valence-electron chi connectivity index (χ2n) is 11.2. The van der Waals surface area contributed by atoms with Gasteiger partial charge in [-0.05, 0) is 119 Å². The van der Waals surface area contributed by atoms with Crippen LogP contribution in [0.15, 0.2) is 121 Å². The minimum absolute atomic E-state index is 0.265. The SMILES string of the molecule is COc1ccc(N(c2ccc(C=Cc3cc(C)cc(O)c3)cc2)c2ccc(C=Cc3cc(C)cc(O)c3)c3ccccc23)cc1. The highest BCUT2D eigenvalue weighted by Gasteiger charge is 2.16. The molecule has 45 heavy (non-hydrogen) atoms. The van der Waals surface area contributed by atoms with Gasteiger partial charge in [0.05, 0.1) is 12.8 Å². The van der Waals surface area contributed by atoms with Crippen molar-refractivity contribution in [3.8, 4) is 17.2 Å². The number of nitrogens with zero attached hydrogens (tertiary/aromatic N) is 1. The number of ether oxygens (including phenoxy) is 1. The zero-order chi connectivity index (χ0) is 31.3. The molecule has 0 saturated carbocycles. The minimum Gasteiger partial charge on any atom is -0.508 e. The summed E-state index contributed by atoms with van der Waals surface area (Å²) in [5.41, 5.74) is 9.18. The van der Waals surface area contributed by atoms with Crippen molar-refractivity contribution >= 4 is 52.1 Å². The maximum absolute atomic E-state index is 10.1. The van der Waals surface area contributed by atoms with Gasteiger partial charge in [0.1, 0.15) is 17.2 Å². The summed E-state index contributed by atoms with van der Waals surface area (Å²) in [4.78, 5) is 2.26. The number of fused-ring (bicyclic) bond motifs is 1. The molecule has 0 amide bonds. The molecule has 2 N–H and O–H groups in total. The van der Waals surface area contributed by atoms with Gasteiger partial charge in [-0.15, -0.1) is 0 Å². The first-order valence-electron chi connectivity index (χ1n) is 14.9. The van der Waals surface area contributed by atoms with Crippen LogP contribution in [0.25, 0.3) is 35.1 Å². The third-order valence-corrected chi connectivity index (χ3v) is 7.75. The van der Waals surface area contributed by atoms with E-state index in [1.54, 1.807) is 31.4 Å². The van der Waals surface area contributed by atoms with Crippen molar-refractivity contribution in [3.05, 3.63) is 155 Å². The molecule has 0 atom stereocenters. The van der Waals surface area contributed by atoms with Crippen LogP contribution in [0.3, 0.4) is 0 Å². The van der Waals surface area contributed by atoms with E-state index in [0.29, 0.717) is 0 Å². The number of aryl methyl sites for hydroxylation is 2. The quantitative estimate of drug-likeness (QED) is 0.173. The lowest BCUT2D eigenvalue weighted by Crippen LogP contribution is -2.10. The Morgan fingerprint density at radius 1 is 0.533 bits per heavy atom. The first kappa shape index (κ1) is 29.3. The van der Waals surface area contributed by atoms with Crippen molar-refractivity contribution < 1.29 is 14.9 Å². The Morgan fingerprint density at radius 3 is 1.64 bits per heavy atom. The second-order valence-corrected chi connectivity index (χ2v) is 11.2. The molecule has 0 fully saturated rings. The molecule has 0 unspecified atom stereocenters. The highest BCUT2D eigenvalue weighted by atomic mass is 16.5. The molecule has 0 spiro atoms. The Hall–Kier alpha value is -5.74. The van der Waals surface area contributed by atoms with Gasteiger partial charge in [-0.3, -0.25) is 0 Å². The van der Waals surface area contributed by atoms with Crippen molar-refractivity contribution in [2.45, 2.75) is 13.8 Å². The van der Waals surface area contributed by atoms with Crippen LogP contribution in [0.4, 0.5) is 17.1 Å². The van der Waals surface area contributed by atoms with Gasteiger partial charge in [0.15, 0.2) is 0 Å². The van der Waals surface area contributed by atoms with Gasteiger partial charge in [-0.2, -0.15) is 0 Å². The van der Waals surface area contributed by atoms with Crippen LogP contribution in [0.2, 0.25) is 0 Å². The molecule has 0 saturated heterocycles. The van der Waals surface area contributed by atoms with Crippen molar-refractivity contribution in [1.29, 1.82) is 0 Å². The summed E-state index contributed by atoms with van der Waals surface area (Å²) in [5, 5.41) is 22.3. The Bertz CT molecular complexity index is 1980. The van der Waals surface area contributed by atoms with E-state index < -0.39 is 0 Å². The highest BCUT2D eigenvalue weighted by Crippen LogP contribution is 2.40. The fraction of sp³-hybridized carbons (Fsp3) is 0.0732. The van der Waals surface area contributed by atoms with E-state index in [4.69, 9.17) is 4.74 Å². The van der Waals surface area contributed by atoms with Crippen LogP contribution in [0.5, 0.6) is 17.2 Å². The monoisotopic (exact) mass is 589 g/mol. The minimum atomic E-state index is 0.265. The molecule has 0 aliphatic carbocycles. The number of methoxy groups -OCH3 is 1. The molecule has 0 aromatic heterocycles. The van der Waals surface area contributed by atoms with Gasteiger partial charge >= 0.3 is 0 Å². The Labute approximate surface area is 264 Å². The van der Waals surface area contributed by atoms with Crippen LogP contribution < -0.4 is 9.64 Å². The Morgan fingerprint density at radius 2 is 1.07 bits per heavy atom. The third kappa shape index (κ3) is 6.76. The first-order valence-corrected chi connectivity index (χ1v) is 14.9. The molecular weight excluding hydrogens is 554 g/mol. The van der Waals surface area contributed by atoms with Crippen LogP contribution in [-0.2, 0) is 0 Å². The molecule has 6 aromatic rings. The summed E-state index contributed by atoms with van der Waals surface area (Å²) in [7, 11) is 1.68. The highest BCUT2D eigenvalue weighted by molar-refractivity contribution is 6.03. The number of aromatic hydroxyl groups is 2. The molecule has 6 aromatic carbocycles. The van der Waals surface area contributed by atoms with Crippen LogP contribution in [0, 0.1) is 13.8 Å². The number of rotatable bonds is 8. The number of benzene rings is 6. The lowest BCUT2D eigenvalue weighted by Gasteiger charge is -2.27. The standard InChI is InChI=1S/C41H35NO3/c1-28-22-31(26-36(43)24-28)9-8-30-11-15-34(16-12-30)42(35-17-19-38(45-3)20-18-35)41-21-14-33(39-6-4-5-7-40(39)41)13-10-32-23-29(2)25-37(44)27-32/h4-27,43-44H,1-3H3. The van der Waals surface area contributed by atoms with Gasteiger partial charge < -0.3 is 19.8 Å². The number of phenols is 2. The maximum Gasteiger partial charge on any atom is 0.119 e. The number of phenolic OH excluding ortho intramolecular Hbond substituents is 2. The average molecular weight is 590 g/mol. The Balaban J connectivity index is 1.40. The van der Waals surface area contributed by atoms with Gasteiger partial charge in [-0.25, -0.2) is 0 Å². The molecule has 0 radical (unpaired) electrons. The van der Waals surface area contributed by atoms with E-state index >= 15 is 0 Å². The molecule has 222 valence electrons. The zero-order valence-corrected chi connectivity index (χ0v) is 25.6. The first-order chi connectivity index (χ1) is 21.9. The van der Waals surface area contributed by atoms with E-state index in [9.17, 15) is 10.2 Å². The third-order valence-electron chi connectivity index (χ3n) is 7.75. The van der Waals surface area contributed by atoms with Gasteiger partial charge in [0.2, 0.25) is 0 Å². The van der Waals surface area contributed by atoms with Gasteiger partial charge in [0, 0.05) is 16.8 Å². The average Bonchev–Trinajstić information content (AvgIpc) is 3.03. The van der Waals surface area contributed by atoms with Crippen molar-refractivity contribution in [1.82, 2.24) is 0 Å². The topological polar surface area (TPSA) is 52.9 Å². The lowest BCUT2D eigenvalue weighted by atomic mass is 10.00. The molecule has 0 aliphatic heterocycles. The van der Waals surface area contributed by atoms with Crippen molar-refractivity contribution in [2.75, 3.05) is 12.0 Å². The predicted octanol–water partition coefficient (Wildman–Crippen LogP) is 10.7. The van der Waals surface area contributed by atoms with Crippen LogP contribution in [-0.4, -0.2) is 17.3 Å². The molecular formula is C41H35NO3. The molecule has 6 rings (SSSR count). The summed E-state index contributed by atoms with van der Waals surface area (Å²) >= 11 is 0. The largest absolute Gasteiger partial charge is 0.508 e. The number of hydrogen-bond donors (Lipinski definition) is 2. The van der Waals surface area contributed by atoms with E-state index in [1.165, 1.54) is 0 Å². The summed E-state index contributed by atoms with van der Waals surface area (Å²) in [6, 6.07) is 40.5. The summed E-state index contributed by atoms with van der Waals surface area (Å²) in [6.45, 7) is 3.95. The zero-order valence-electron chi connectivity index (χ0n) is 25.6. The van der Waals surface area contributed by atoms with E-state index in [-0.39, 0.29) is 11.5 Å². The fourth-order valence-corrected chi connectivity index (χ4v) is 5.69. The van der Waals surface area contributed by atoms with E-state index in [2.05, 4.69) is 95.9 Å². The van der Waals surface area contributed by atoms with Crippen LogP contribution in [0.1, 0.15) is 33.4 Å². The fourth-order valence-electron chi connectivity index (χ4n) is 5.69. The van der Waals surface area contributed by atoms with Gasteiger partial charge in [-0.1, -0.05) is 78.9 Å².